The molecule has 3 aromatic carbocycles. The molecule has 0 saturated carbocycles. The molecule has 1 aromatic heterocycles. The van der Waals surface area contributed by atoms with E-state index in [1.165, 1.54) is 24.1 Å². The van der Waals surface area contributed by atoms with E-state index >= 15 is 0 Å². The number of para-hydroxylation sites is 1. The van der Waals surface area contributed by atoms with Crippen LogP contribution >= 0.6 is 35.0 Å². The average Bonchev–Trinajstić information content (AvgIpc) is 3.57. The lowest BCUT2D eigenvalue weighted by Crippen LogP contribution is -2.31. The molecular weight excluding hydrogens is 585 g/mol. The zero-order valence-corrected chi connectivity index (χ0v) is 23.5. The van der Waals surface area contributed by atoms with Crippen molar-refractivity contribution in [3.8, 4) is 0 Å². The number of amides is 4. The summed E-state index contributed by atoms with van der Waals surface area (Å²) in [5.41, 5.74) is 0.938. The average molecular weight is 606 g/mol. The SMILES string of the molecule is O=C(Nc1cccc(S[C@@H]2CC(=O)N(c3c(Cl)cccc3Cl)C2=O)c1)/C(=C\c1ccco1)NC(=O)c1ccccc1. The van der Waals surface area contributed by atoms with Crippen LogP contribution in [0.4, 0.5) is 11.4 Å². The maximum absolute atomic E-state index is 13.2. The summed E-state index contributed by atoms with van der Waals surface area (Å²) in [4.78, 5) is 53.6. The molecule has 0 spiro atoms. The van der Waals surface area contributed by atoms with Crippen molar-refractivity contribution in [3.63, 3.8) is 0 Å². The molecule has 11 heteroatoms. The highest BCUT2D eigenvalue weighted by Crippen LogP contribution is 2.40. The Labute approximate surface area is 249 Å². The summed E-state index contributed by atoms with van der Waals surface area (Å²) in [6, 6.07) is 23.4. The van der Waals surface area contributed by atoms with Crippen LogP contribution in [0.3, 0.4) is 0 Å². The highest BCUT2D eigenvalue weighted by atomic mass is 35.5. The first-order valence-corrected chi connectivity index (χ1v) is 13.9. The van der Waals surface area contributed by atoms with Gasteiger partial charge in [0.2, 0.25) is 11.8 Å². The van der Waals surface area contributed by atoms with Gasteiger partial charge in [-0.3, -0.25) is 19.2 Å². The molecular formula is C30H21Cl2N3O5S. The van der Waals surface area contributed by atoms with E-state index in [1.54, 1.807) is 84.9 Å². The zero-order valence-electron chi connectivity index (χ0n) is 21.2. The standard InChI is InChI=1S/C30H21Cl2N3O5S/c31-22-12-5-13-23(32)27(22)35-26(36)17-25(30(35)39)41-21-11-4-9-19(15-21)33-29(38)24(16-20-10-6-14-40-20)34-28(37)18-7-2-1-3-8-18/h1-16,25H,17H2,(H,33,38)(H,34,37)/b24-16+/t25-/m1/s1. The molecule has 4 amide bonds. The fourth-order valence-electron chi connectivity index (χ4n) is 4.10. The van der Waals surface area contributed by atoms with E-state index < -0.39 is 28.9 Å². The molecule has 1 atom stereocenters. The number of nitrogens with one attached hydrogen (secondary N) is 2. The highest BCUT2D eigenvalue weighted by molar-refractivity contribution is 8.00. The smallest absolute Gasteiger partial charge is 0.272 e. The maximum atomic E-state index is 13.2. The van der Waals surface area contributed by atoms with Crippen molar-refractivity contribution < 1.29 is 23.6 Å². The van der Waals surface area contributed by atoms with Crippen LogP contribution in [-0.2, 0) is 14.4 Å². The van der Waals surface area contributed by atoms with Crippen molar-refractivity contribution in [2.45, 2.75) is 16.6 Å². The van der Waals surface area contributed by atoms with E-state index in [-0.39, 0.29) is 27.9 Å². The Morgan fingerprint density at radius 2 is 1.66 bits per heavy atom. The van der Waals surface area contributed by atoms with E-state index in [9.17, 15) is 19.2 Å². The molecule has 5 rings (SSSR count). The number of halogens is 2. The van der Waals surface area contributed by atoms with Crippen molar-refractivity contribution in [2.75, 3.05) is 10.2 Å². The van der Waals surface area contributed by atoms with Crippen molar-refractivity contribution in [3.05, 3.63) is 118 Å². The molecule has 1 aliphatic rings. The van der Waals surface area contributed by atoms with Gasteiger partial charge in [-0.25, -0.2) is 4.90 Å². The largest absolute Gasteiger partial charge is 0.465 e. The maximum Gasteiger partial charge on any atom is 0.272 e. The Balaban J connectivity index is 1.31. The fourth-order valence-corrected chi connectivity index (χ4v) is 5.78. The molecule has 2 heterocycles. The molecule has 1 aliphatic heterocycles. The molecule has 1 saturated heterocycles. The third kappa shape index (κ3) is 6.54. The second-order valence-corrected chi connectivity index (χ2v) is 10.9. The van der Waals surface area contributed by atoms with Crippen LogP contribution in [-0.4, -0.2) is 28.9 Å². The molecule has 4 aromatic rings. The van der Waals surface area contributed by atoms with Gasteiger partial charge in [-0.2, -0.15) is 0 Å². The number of rotatable bonds is 8. The van der Waals surface area contributed by atoms with E-state index in [0.717, 1.165) is 4.90 Å². The van der Waals surface area contributed by atoms with Crippen LogP contribution < -0.4 is 15.5 Å². The minimum Gasteiger partial charge on any atom is -0.465 e. The molecule has 2 N–H and O–H groups in total. The summed E-state index contributed by atoms with van der Waals surface area (Å²) in [7, 11) is 0. The Kier molecular flexibility index (Phi) is 8.58. The third-order valence-electron chi connectivity index (χ3n) is 6.00. The number of hydrogen-bond donors (Lipinski definition) is 2. The van der Waals surface area contributed by atoms with Gasteiger partial charge in [-0.15, -0.1) is 11.8 Å². The number of anilines is 2. The highest BCUT2D eigenvalue weighted by Gasteiger charge is 2.41. The number of furan rings is 1. The van der Waals surface area contributed by atoms with Crippen LogP contribution in [0.15, 0.2) is 106 Å². The van der Waals surface area contributed by atoms with E-state index in [4.69, 9.17) is 27.6 Å². The third-order valence-corrected chi connectivity index (χ3v) is 7.78. The number of benzene rings is 3. The van der Waals surface area contributed by atoms with Gasteiger partial charge < -0.3 is 15.1 Å². The van der Waals surface area contributed by atoms with Crippen LogP contribution in [0.2, 0.25) is 10.0 Å². The van der Waals surface area contributed by atoms with Crippen molar-refractivity contribution in [2.24, 2.45) is 0 Å². The van der Waals surface area contributed by atoms with Crippen molar-refractivity contribution >= 4 is 76.0 Å². The monoisotopic (exact) mass is 605 g/mol. The number of thioether (sulfide) groups is 1. The molecule has 41 heavy (non-hydrogen) atoms. The zero-order chi connectivity index (χ0) is 28.9. The van der Waals surface area contributed by atoms with Gasteiger partial charge >= 0.3 is 0 Å². The lowest BCUT2D eigenvalue weighted by molar-refractivity contribution is -0.121. The topological polar surface area (TPSA) is 109 Å². The number of carbonyl (C=O) groups excluding carboxylic acids is 4. The summed E-state index contributed by atoms with van der Waals surface area (Å²) >= 11 is 13.7. The summed E-state index contributed by atoms with van der Waals surface area (Å²) in [6.07, 6.45) is 2.84. The second-order valence-electron chi connectivity index (χ2n) is 8.82. The van der Waals surface area contributed by atoms with Gasteiger partial charge in [0.15, 0.2) is 0 Å². The van der Waals surface area contributed by atoms with Crippen LogP contribution in [0, 0.1) is 0 Å². The van der Waals surface area contributed by atoms with Crippen LogP contribution in [0.1, 0.15) is 22.5 Å². The predicted octanol–water partition coefficient (Wildman–Crippen LogP) is 6.42. The van der Waals surface area contributed by atoms with Gasteiger partial charge in [-0.05, 0) is 54.6 Å². The minimum atomic E-state index is -0.708. The Hall–Kier alpha value is -4.31. The van der Waals surface area contributed by atoms with Gasteiger partial charge in [0.05, 0.1) is 27.2 Å². The molecule has 0 radical (unpaired) electrons. The van der Waals surface area contributed by atoms with Gasteiger partial charge in [-0.1, -0.05) is 53.5 Å². The molecule has 1 fully saturated rings. The van der Waals surface area contributed by atoms with Crippen LogP contribution in [0.5, 0.6) is 0 Å². The first-order valence-electron chi connectivity index (χ1n) is 12.3. The quantitative estimate of drug-likeness (QED) is 0.177. The number of carbonyl (C=O) groups is 4. The molecule has 206 valence electrons. The molecule has 0 unspecified atom stereocenters. The summed E-state index contributed by atoms with van der Waals surface area (Å²) in [5, 5.41) is 5.11. The van der Waals surface area contributed by atoms with E-state index in [1.807, 2.05) is 0 Å². The summed E-state index contributed by atoms with van der Waals surface area (Å²) in [5.74, 6) is -1.51. The number of hydrogen-bond acceptors (Lipinski definition) is 6. The summed E-state index contributed by atoms with van der Waals surface area (Å²) in [6.45, 7) is 0. The second kappa shape index (κ2) is 12.5. The molecule has 0 bridgehead atoms. The first-order chi connectivity index (χ1) is 19.8. The molecule has 0 aliphatic carbocycles. The summed E-state index contributed by atoms with van der Waals surface area (Å²) < 4.78 is 5.33. The Morgan fingerprint density at radius 3 is 2.37 bits per heavy atom. The minimum absolute atomic E-state index is 0.0318. The first kappa shape index (κ1) is 28.2. The van der Waals surface area contributed by atoms with Gasteiger partial charge in [0.1, 0.15) is 11.5 Å². The lowest BCUT2D eigenvalue weighted by atomic mass is 10.2. The lowest BCUT2D eigenvalue weighted by Gasteiger charge is -2.18. The fraction of sp³-hybridized carbons (Fsp3) is 0.0667. The van der Waals surface area contributed by atoms with Gasteiger partial charge in [0.25, 0.3) is 11.8 Å². The number of imide groups is 1. The van der Waals surface area contributed by atoms with E-state index in [0.29, 0.717) is 21.9 Å². The van der Waals surface area contributed by atoms with Gasteiger partial charge in [0, 0.05) is 28.6 Å². The predicted molar refractivity (Wildman–Crippen MR) is 159 cm³/mol. The molecule has 8 nitrogen and oxygen atoms in total. The van der Waals surface area contributed by atoms with Crippen molar-refractivity contribution in [1.29, 1.82) is 0 Å². The van der Waals surface area contributed by atoms with Crippen molar-refractivity contribution in [1.82, 2.24) is 5.32 Å². The Bertz CT molecular complexity index is 1640. The van der Waals surface area contributed by atoms with E-state index in [2.05, 4.69) is 10.6 Å². The Morgan fingerprint density at radius 1 is 0.927 bits per heavy atom. The normalized spacial score (nSPS) is 15.2. The number of nitrogens with zero attached hydrogens (tertiary/aromatic N) is 1. The van der Waals surface area contributed by atoms with Crippen LogP contribution in [0.25, 0.3) is 6.08 Å².